The molecule has 0 amide bonds. The molecular formula is C42H27N5Se. The van der Waals surface area contributed by atoms with Gasteiger partial charge in [0.25, 0.3) is 0 Å². The molecule has 0 saturated heterocycles. The van der Waals surface area contributed by atoms with E-state index in [0.29, 0.717) is 17.5 Å². The van der Waals surface area contributed by atoms with Gasteiger partial charge in [-0.15, -0.1) is 0 Å². The Hall–Kier alpha value is -5.81. The van der Waals surface area contributed by atoms with Crippen molar-refractivity contribution in [3.05, 3.63) is 151 Å². The zero-order chi connectivity index (χ0) is 31.6. The van der Waals surface area contributed by atoms with Crippen LogP contribution in [0.3, 0.4) is 0 Å². The van der Waals surface area contributed by atoms with E-state index in [4.69, 9.17) is 15.0 Å². The van der Waals surface area contributed by atoms with Crippen LogP contribution in [0.15, 0.2) is 146 Å². The summed E-state index contributed by atoms with van der Waals surface area (Å²) in [5.41, 5.74) is 6.47. The first-order chi connectivity index (χ1) is 23.8. The van der Waals surface area contributed by atoms with Gasteiger partial charge in [-0.25, -0.2) is 0 Å². The number of fused-ring (bicyclic) bond motifs is 8. The number of rotatable bonds is 4. The van der Waals surface area contributed by atoms with E-state index in [1.807, 2.05) is 18.2 Å². The molecule has 0 fully saturated rings. The maximum absolute atomic E-state index is 5.18. The summed E-state index contributed by atoms with van der Waals surface area (Å²) in [7, 11) is 0. The first-order valence-electron chi connectivity index (χ1n) is 16.1. The summed E-state index contributed by atoms with van der Waals surface area (Å²) in [5.74, 6) is 2.06. The molecule has 1 aliphatic heterocycles. The Morgan fingerprint density at radius 3 is 2.08 bits per heavy atom. The summed E-state index contributed by atoms with van der Waals surface area (Å²) < 4.78 is 2.73. The van der Waals surface area contributed by atoms with Crippen molar-refractivity contribution in [2.24, 2.45) is 0 Å². The summed E-state index contributed by atoms with van der Waals surface area (Å²) in [6.07, 6.45) is 0.0231. The van der Waals surface area contributed by atoms with E-state index in [2.05, 4.69) is 138 Å². The first-order valence-corrected chi connectivity index (χ1v) is 17.8. The van der Waals surface area contributed by atoms with Crippen molar-refractivity contribution in [2.45, 2.75) is 6.17 Å². The van der Waals surface area contributed by atoms with Crippen LogP contribution in [0.2, 0.25) is 0 Å². The SMILES string of the molecule is c1ccc(-c2nc(-c3ccc4c(ccc5ccc6c(c54)NC(c4ccccc4)N6)c3)nc(-c3cccc4c3[se]c3ccccc34)n2)cc1. The van der Waals surface area contributed by atoms with Crippen LogP contribution >= 0.6 is 0 Å². The predicted octanol–water partition coefficient (Wildman–Crippen LogP) is 10.1. The van der Waals surface area contributed by atoms with Crippen LogP contribution in [0.4, 0.5) is 11.4 Å². The van der Waals surface area contributed by atoms with Crippen LogP contribution in [0.5, 0.6) is 0 Å². The van der Waals surface area contributed by atoms with Crippen molar-refractivity contribution in [3.8, 4) is 34.2 Å². The van der Waals surface area contributed by atoms with Crippen molar-refractivity contribution < 1.29 is 0 Å². The standard InChI is InChI=1S/C42H27N5Se/c1-3-10-26(11-4-1)39-43-34-23-21-25-18-19-28-24-29(20-22-30(28)36(25)37(34)44-39)41-45-40(27-12-5-2-6-13-27)46-42(47-41)33-16-9-15-32-31-14-7-8-17-35(31)48-38(32)33/h1-24,39,43-44H. The second kappa shape index (κ2) is 10.9. The number of nitrogens with zero attached hydrogens (tertiary/aromatic N) is 3. The topological polar surface area (TPSA) is 62.7 Å². The van der Waals surface area contributed by atoms with E-state index in [1.54, 1.807) is 0 Å². The maximum atomic E-state index is 5.18. The minimum absolute atomic E-state index is 0.0231. The summed E-state index contributed by atoms with van der Waals surface area (Å²) in [5, 5.41) is 14.8. The van der Waals surface area contributed by atoms with Gasteiger partial charge in [0.2, 0.25) is 0 Å². The molecular weight excluding hydrogens is 653 g/mol. The number of hydrogen-bond donors (Lipinski definition) is 2. The van der Waals surface area contributed by atoms with E-state index in [0.717, 1.165) is 33.5 Å². The molecule has 1 atom stereocenters. The fourth-order valence-electron chi connectivity index (χ4n) is 6.98. The molecule has 226 valence electrons. The first kappa shape index (κ1) is 27.3. The van der Waals surface area contributed by atoms with E-state index in [9.17, 15) is 0 Å². The van der Waals surface area contributed by atoms with Gasteiger partial charge in [0.15, 0.2) is 0 Å². The molecule has 0 spiro atoms. The molecule has 9 aromatic rings. The van der Waals surface area contributed by atoms with E-state index >= 15 is 0 Å². The quantitative estimate of drug-likeness (QED) is 0.143. The minimum atomic E-state index is 0.0231. The van der Waals surface area contributed by atoms with Crippen LogP contribution in [0.25, 0.3) is 75.0 Å². The molecule has 0 radical (unpaired) electrons. The molecule has 0 saturated carbocycles. The van der Waals surface area contributed by atoms with Crippen LogP contribution in [0.1, 0.15) is 11.7 Å². The molecule has 2 aromatic heterocycles. The summed E-state index contributed by atoms with van der Waals surface area (Å²) in [6, 6.07) is 51.3. The molecule has 0 bridgehead atoms. The molecule has 0 aliphatic carbocycles. The molecule has 5 nitrogen and oxygen atoms in total. The van der Waals surface area contributed by atoms with Crippen LogP contribution in [-0.4, -0.2) is 29.5 Å². The number of anilines is 2. The second-order valence-corrected chi connectivity index (χ2v) is 14.4. The molecule has 48 heavy (non-hydrogen) atoms. The van der Waals surface area contributed by atoms with Crippen molar-refractivity contribution in [1.29, 1.82) is 0 Å². The van der Waals surface area contributed by atoms with Crippen molar-refractivity contribution in [3.63, 3.8) is 0 Å². The third kappa shape index (κ3) is 4.42. The van der Waals surface area contributed by atoms with Crippen molar-refractivity contribution in [2.75, 3.05) is 10.6 Å². The predicted molar refractivity (Wildman–Crippen MR) is 200 cm³/mol. The average molecular weight is 681 g/mol. The van der Waals surface area contributed by atoms with E-state index in [1.165, 1.54) is 41.0 Å². The fourth-order valence-corrected chi connectivity index (χ4v) is 9.52. The third-order valence-electron chi connectivity index (χ3n) is 9.29. The third-order valence-corrected chi connectivity index (χ3v) is 11.9. The fraction of sp³-hybridized carbons (Fsp3) is 0.0238. The normalized spacial score (nSPS) is 14.0. The van der Waals surface area contributed by atoms with Crippen LogP contribution in [-0.2, 0) is 0 Å². The number of hydrogen-bond acceptors (Lipinski definition) is 5. The van der Waals surface area contributed by atoms with Gasteiger partial charge in [-0.05, 0) is 11.6 Å². The van der Waals surface area contributed by atoms with Crippen molar-refractivity contribution in [1.82, 2.24) is 15.0 Å². The Kier molecular flexibility index (Phi) is 6.19. The molecule has 7 aromatic carbocycles. The van der Waals surface area contributed by atoms with Crippen molar-refractivity contribution >= 4 is 66.7 Å². The van der Waals surface area contributed by atoms with Gasteiger partial charge < -0.3 is 5.32 Å². The zero-order valence-electron chi connectivity index (χ0n) is 25.7. The Morgan fingerprint density at radius 1 is 0.500 bits per heavy atom. The zero-order valence-corrected chi connectivity index (χ0v) is 27.4. The van der Waals surface area contributed by atoms with Crippen LogP contribution in [0, 0.1) is 0 Å². The molecule has 1 aliphatic rings. The molecule has 2 N–H and O–H groups in total. The number of benzene rings is 7. The molecule has 1 unspecified atom stereocenters. The van der Waals surface area contributed by atoms with Gasteiger partial charge in [0.05, 0.1) is 0 Å². The Balaban J connectivity index is 1.13. The molecule has 10 rings (SSSR count). The van der Waals surface area contributed by atoms with Crippen LogP contribution < -0.4 is 10.6 Å². The van der Waals surface area contributed by atoms with E-state index < -0.39 is 0 Å². The second-order valence-electron chi connectivity index (χ2n) is 12.2. The summed E-state index contributed by atoms with van der Waals surface area (Å²) >= 11 is 0.175. The Bertz CT molecular complexity index is 2680. The van der Waals surface area contributed by atoms with Gasteiger partial charge in [0.1, 0.15) is 6.17 Å². The number of nitrogens with one attached hydrogen (secondary N) is 2. The monoisotopic (exact) mass is 681 g/mol. The summed E-state index contributed by atoms with van der Waals surface area (Å²) in [4.78, 5) is 15.3. The molecule has 6 heteroatoms. The van der Waals surface area contributed by atoms with Gasteiger partial charge in [0, 0.05) is 0 Å². The molecule has 3 heterocycles. The van der Waals surface area contributed by atoms with Gasteiger partial charge in [-0.1, -0.05) is 30.3 Å². The van der Waals surface area contributed by atoms with Gasteiger partial charge >= 0.3 is 230 Å². The van der Waals surface area contributed by atoms with E-state index in [-0.39, 0.29) is 20.7 Å². The Morgan fingerprint density at radius 2 is 1.21 bits per heavy atom. The Labute approximate surface area is 282 Å². The number of aromatic nitrogens is 3. The average Bonchev–Trinajstić information content (AvgIpc) is 3.77. The van der Waals surface area contributed by atoms with Gasteiger partial charge in [-0.3, -0.25) is 0 Å². The van der Waals surface area contributed by atoms with Gasteiger partial charge in [-0.2, -0.15) is 0 Å². The summed E-state index contributed by atoms with van der Waals surface area (Å²) in [6.45, 7) is 0.